The van der Waals surface area contributed by atoms with Crippen LogP contribution in [-0.4, -0.2) is 60.1 Å². The molecule has 182 valence electrons. The van der Waals surface area contributed by atoms with Crippen LogP contribution in [0.5, 0.6) is 11.5 Å². The fourth-order valence-corrected chi connectivity index (χ4v) is 4.08. The van der Waals surface area contributed by atoms with Crippen molar-refractivity contribution in [1.29, 1.82) is 0 Å². The Kier molecular flexibility index (Phi) is 7.50. The molecule has 2 N–H and O–H groups in total. The molecule has 0 bridgehead atoms. The second kappa shape index (κ2) is 10.9. The first kappa shape index (κ1) is 24.1. The van der Waals surface area contributed by atoms with E-state index in [2.05, 4.69) is 5.32 Å². The fraction of sp³-hybridized carbons (Fsp3) is 0.259. The zero-order valence-corrected chi connectivity index (χ0v) is 19.5. The van der Waals surface area contributed by atoms with Crippen molar-refractivity contribution in [2.75, 3.05) is 33.3 Å². The number of aromatic hydroxyl groups is 1. The molecule has 7 nitrogen and oxygen atoms in total. The first-order valence-corrected chi connectivity index (χ1v) is 11.4. The molecule has 1 saturated heterocycles. The molecule has 1 aliphatic rings. The number of phenols is 1. The molecule has 1 unspecified atom stereocenters. The number of nitrogens with one attached hydrogen (secondary N) is 1. The van der Waals surface area contributed by atoms with Gasteiger partial charge in [0.25, 0.3) is 5.91 Å². The molecule has 1 heterocycles. The van der Waals surface area contributed by atoms with E-state index in [0.717, 1.165) is 16.9 Å². The quantitative estimate of drug-likeness (QED) is 0.563. The number of phenolic OH excluding ortho intramolecular Hbond substituents is 1. The molecule has 1 fully saturated rings. The van der Waals surface area contributed by atoms with Crippen LogP contribution in [0.25, 0.3) is 0 Å². The maximum Gasteiger partial charge on any atom is 0.318 e. The van der Waals surface area contributed by atoms with Crippen molar-refractivity contribution in [3.63, 3.8) is 0 Å². The Morgan fingerprint density at radius 3 is 2.11 bits per heavy atom. The minimum atomic E-state index is -0.324. The number of nitrogens with zero attached hydrogens (tertiary/aromatic N) is 2. The smallest absolute Gasteiger partial charge is 0.318 e. The van der Waals surface area contributed by atoms with Gasteiger partial charge in [-0.3, -0.25) is 4.79 Å². The summed E-state index contributed by atoms with van der Waals surface area (Å²) < 4.78 is 18.6. The number of piperazine rings is 1. The highest BCUT2D eigenvalue weighted by Crippen LogP contribution is 2.22. The van der Waals surface area contributed by atoms with Gasteiger partial charge in [-0.25, -0.2) is 9.18 Å². The molecule has 35 heavy (non-hydrogen) atoms. The normalized spacial score (nSPS) is 14.3. The number of halogens is 1. The van der Waals surface area contributed by atoms with Gasteiger partial charge in [0.05, 0.1) is 13.2 Å². The van der Waals surface area contributed by atoms with Crippen LogP contribution in [0.4, 0.5) is 9.18 Å². The number of hydrogen-bond donors (Lipinski definition) is 2. The van der Waals surface area contributed by atoms with E-state index in [-0.39, 0.29) is 29.5 Å². The number of carbonyl (C=O) groups excluding carboxylic acids is 2. The Morgan fingerprint density at radius 1 is 0.914 bits per heavy atom. The maximum atomic E-state index is 13.4. The van der Waals surface area contributed by atoms with Gasteiger partial charge in [-0.2, -0.15) is 0 Å². The second-order valence-corrected chi connectivity index (χ2v) is 8.43. The number of ether oxygens (including phenoxy) is 1. The SMILES string of the molecule is COc1ccc(C(Cc2ccc(F)cc2)NC(=O)N2CCN(C(=O)c3ccc(O)cc3)CC2)cc1. The fourth-order valence-electron chi connectivity index (χ4n) is 4.08. The van der Waals surface area contributed by atoms with E-state index in [1.54, 1.807) is 41.2 Å². The van der Waals surface area contributed by atoms with Crippen LogP contribution in [0, 0.1) is 5.82 Å². The number of carbonyl (C=O) groups is 2. The number of hydrogen-bond acceptors (Lipinski definition) is 4. The highest BCUT2D eigenvalue weighted by Gasteiger charge is 2.26. The van der Waals surface area contributed by atoms with Crippen LogP contribution in [0.1, 0.15) is 27.5 Å². The number of methoxy groups -OCH3 is 1. The van der Waals surface area contributed by atoms with E-state index in [0.29, 0.717) is 38.2 Å². The number of benzene rings is 3. The average Bonchev–Trinajstić information content (AvgIpc) is 2.89. The van der Waals surface area contributed by atoms with Crippen LogP contribution in [-0.2, 0) is 6.42 Å². The lowest BCUT2D eigenvalue weighted by atomic mass is 9.98. The van der Waals surface area contributed by atoms with Crippen LogP contribution in [0.3, 0.4) is 0 Å². The minimum Gasteiger partial charge on any atom is -0.508 e. The van der Waals surface area contributed by atoms with Gasteiger partial charge in [0.2, 0.25) is 0 Å². The zero-order chi connectivity index (χ0) is 24.8. The molecule has 1 aliphatic heterocycles. The number of amides is 3. The number of rotatable bonds is 6. The molecular formula is C27H28FN3O4. The third-order valence-corrected chi connectivity index (χ3v) is 6.14. The molecular weight excluding hydrogens is 449 g/mol. The standard InChI is InChI=1S/C27H28FN3O4/c1-35-24-12-6-20(7-13-24)25(18-19-2-8-22(28)9-3-19)29-27(34)31-16-14-30(15-17-31)26(33)21-4-10-23(32)11-5-21/h2-13,25,32H,14-18H2,1H3,(H,29,34). The molecule has 4 rings (SSSR count). The molecule has 3 aromatic rings. The summed E-state index contributed by atoms with van der Waals surface area (Å²) in [6.45, 7) is 1.64. The third-order valence-electron chi connectivity index (χ3n) is 6.14. The van der Waals surface area contributed by atoms with Gasteiger partial charge in [-0.15, -0.1) is 0 Å². The molecule has 1 atom stereocenters. The van der Waals surface area contributed by atoms with E-state index in [4.69, 9.17) is 4.74 Å². The Morgan fingerprint density at radius 2 is 1.51 bits per heavy atom. The van der Waals surface area contributed by atoms with Crippen LogP contribution in [0.2, 0.25) is 0 Å². The third kappa shape index (κ3) is 6.09. The maximum absolute atomic E-state index is 13.4. The predicted octanol–water partition coefficient (Wildman–Crippen LogP) is 3.99. The predicted molar refractivity (Wildman–Crippen MR) is 130 cm³/mol. The van der Waals surface area contributed by atoms with E-state index in [1.165, 1.54) is 24.3 Å². The Labute approximate surface area is 203 Å². The van der Waals surface area contributed by atoms with Crippen LogP contribution < -0.4 is 10.1 Å². The lowest BCUT2D eigenvalue weighted by Gasteiger charge is -2.35. The Hall–Kier alpha value is -4.07. The lowest BCUT2D eigenvalue weighted by molar-refractivity contribution is 0.0663. The van der Waals surface area contributed by atoms with Gasteiger partial charge in [-0.1, -0.05) is 24.3 Å². The van der Waals surface area contributed by atoms with Crippen molar-refractivity contribution < 1.29 is 23.8 Å². The molecule has 3 amide bonds. The zero-order valence-electron chi connectivity index (χ0n) is 19.5. The van der Waals surface area contributed by atoms with Crippen molar-refractivity contribution in [1.82, 2.24) is 15.1 Å². The summed E-state index contributed by atoms with van der Waals surface area (Å²) in [5, 5.41) is 12.5. The van der Waals surface area contributed by atoms with Gasteiger partial charge in [0.1, 0.15) is 17.3 Å². The van der Waals surface area contributed by atoms with Crippen LogP contribution >= 0.6 is 0 Å². The Balaban J connectivity index is 1.41. The summed E-state index contributed by atoms with van der Waals surface area (Å²) in [6, 6.07) is 19.3. The minimum absolute atomic E-state index is 0.107. The van der Waals surface area contributed by atoms with Crippen molar-refractivity contribution in [2.24, 2.45) is 0 Å². The summed E-state index contributed by atoms with van der Waals surface area (Å²) in [5.74, 6) is 0.390. The lowest BCUT2D eigenvalue weighted by Crippen LogP contribution is -2.53. The Bertz CT molecular complexity index is 1140. The van der Waals surface area contributed by atoms with Crippen molar-refractivity contribution in [3.05, 3.63) is 95.3 Å². The highest BCUT2D eigenvalue weighted by molar-refractivity contribution is 5.94. The van der Waals surface area contributed by atoms with Gasteiger partial charge >= 0.3 is 6.03 Å². The summed E-state index contributed by atoms with van der Waals surface area (Å²) in [4.78, 5) is 29.3. The van der Waals surface area contributed by atoms with Crippen molar-refractivity contribution in [2.45, 2.75) is 12.5 Å². The van der Waals surface area contributed by atoms with Crippen molar-refractivity contribution in [3.8, 4) is 11.5 Å². The second-order valence-electron chi connectivity index (χ2n) is 8.43. The molecule has 0 saturated carbocycles. The molecule has 0 radical (unpaired) electrons. The summed E-state index contributed by atoms with van der Waals surface area (Å²) >= 11 is 0. The van der Waals surface area contributed by atoms with Gasteiger partial charge in [0, 0.05) is 31.7 Å². The molecule has 3 aromatic carbocycles. The van der Waals surface area contributed by atoms with Crippen molar-refractivity contribution >= 4 is 11.9 Å². The first-order valence-electron chi connectivity index (χ1n) is 11.4. The van der Waals surface area contributed by atoms with Gasteiger partial charge in [-0.05, 0) is 66.1 Å². The van der Waals surface area contributed by atoms with E-state index in [1.807, 2.05) is 24.3 Å². The first-order chi connectivity index (χ1) is 16.9. The van der Waals surface area contributed by atoms with Gasteiger partial charge in [0.15, 0.2) is 0 Å². The largest absolute Gasteiger partial charge is 0.508 e. The summed E-state index contributed by atoms with van der Waals surface area (Å²) in [7, 11) is 1.60. The molecule has 0 spiro atoms. The van der Waals surface area contributed by atoms with E-state index >= 15 is 0 Å². The monoisotopic (exact) mass is 477 g/mol. The van der Waals surface area contributed by atoms with E-state index in [9.17, 15) is 19.1 Å². The summed E-state index contributed by atoms with van der Waals surface area (Å²) in [5.41, 5.74) is 2.31. The molecule has 0 aromatic heterocycles. The molecule has 8 heteroatoms. The summed E-state index contributed by atoms with van der Waals surface area (Å²) in [6.07, 6.45) is 0.498. The van der Waals surface area contributed by atoms with Gasteiger partial charge < -0.3 is 25.0 Å². The van der Waals surface area contributed by atoms with E-state index < -0.39 is 0 Å². The molecule has 0 aliphatic carbocycles. The highest BCUT2D eigenvalue weighted by atomic mass is 19.1. The topological polar surface area (TPSA) is 82.1 Å². The van der Waals surface area contributed by atoms with Crippen LogP contribution in [0.15, 0.2) is 72.8 Å². The number of urea groups is 1. The average molecular weight is 478 g/mol.